The molecule has 0 aliphatic carbocycles. The van der Waals surface area contributed by atoms with Crippen LogP contribution in [0, 0.1) is 5.82 Å². The van der Waals surface area contributed by atoms with Crippen LogP contribution in [0.3, 0.4) is 0 Å². The first-order valence-electron chi connectivity index (χ1n) is 11.9. The zero-order valence-corrected chi connectivity index (χ0v) is 20.7. The number of para-hydroxylation sites is 1. The van der Waals surface area contributed by atoms with Crippen LogP contribution in [0.25, 0.3) is 0 Å². The minimum Gasteiger partial charge on any atom is -0.486 e. The molecule has 1 saturated heterocycles. The predicted molar refractivity (Wildman–Crippen MR) is 134 cm³/mol. The normalized spacial score (nSPS) is 14.0. The van der Waals surface area contributed by atoms with Crippen LogP contribution in [0.15, 0.2) is 53.9 Å². The van der Waals surface area contributed by atoms with E-state index in [1.165, 1.54) is 35.8 Å². The second-order valence-electron chi connectivity index (χ2n) is 8.97. The highest BCUT2D eigenvalue weighted by Crippen LogP contribution is 2.27. The zero-order valence-electron chi connectivity index (χ0n) is 19.9. The lowest BCUT2D eigenvalue weighted by Gasteiger charge is -2.25. The molecule has 0 N–H and O–H groups in total. The molecule has 0 bridgehead atoms. The summed E-state index contributed by atoms with van der Waals surface area (Å²) >= 11 is 1.52. The van der Waals surface area contributed by atoms with Crippen molar-refractivity contribution >= 4 is 17.2 Å². The second kappa shape index (κ2) is 11.6. The van der Waals surface area contributed by atoms with Crippen molar-refractivity contribution in [3.8, 4) is 5.75 Å². The van der Waals surface area contributed by atoms with Crippen LogP contribution < -0.4 is 4.74 Å². The van der Waals surface area contributed by atoms with Crippen molar-refractivity contribution in [3.63, 3.8) is 0 Å². The molecule has 1 aromatic heterocycles. The summed E-state index contributed by atoms with van der Waals surface area (Å²) in [4.78, 5) is 22.0. The topological polar surface area (TPSA) is 45.7 Å². The molecule has 1 amide bonds. The summed E-state index contributed by atoms with van der Waals surface area (Å²) in [5, 5.41) is 2.82. The summed E-state index contributed by atoms with van der Waals surface area (Å²) in [6, 6.07) is 14.2. The molecule has 0 unspecified atom stereocenters. The number of hydrogen-bond acceptors (Lipinski definition) is 5. The van der Waals surface area contributed by atoms with Crippen LogP contribution in [0.5, 0.6) is 5.75 Å². The third kappa shape index (κ3) is 6.21. The first-order chi connectivity index (χ1) is 16.5. The third-order valence-corrected chi connectivity index (χ3v) is 6.99. The number of thiazole rings is 1. The van der Waals surface area contributed by atoms with Gasteiger partial charge in [-0.1, -0.05) is 44.2 Å². The summed E-state index contributed by atoms with van der Waals surface area (Å²) in [7, 11) is 0. The minimum absolute atomic E-state index is 0.105. The number of amides is 1. The molecule has 2 aromatic carbocycles. The molecule has 0 spiro atoms. The van der Waals surface area contributed by atoms with E-state index in [0.29, 0.717) is 25.6 Å². The predicted octanol–water partition coefficient (Wildman–Crippen LogP) is 5.72. The van der Waals surface area contributed by atoms with Crippen molar-refractivity contribution in [1.82, 2.24) is 14.8 Å². The Balaban J connectivity index is 1.44. The molecular formula is C27H32FN3O2S. The quantitative estimate of drug-likeness (QED) is 0.371. The van der Waals surface area contributed by atoms with Gasteiger partial charge >= 0.3 is 0 Å². The summed E-state index contributed by atoms with van der Waals surface area (Å²) < 4.78 is 20.4. The van der Waals surface area contributed by atoms with Crippen molar-refractivity contribution in [2.24, 2.45) is 0 Å². The molecule has 1 aliphatic heterocycles. The van der Waals surface area contributed by atoms with Crippen molar-refractivity contribution in [3.05, 3.63) is 81.6 Å². The highest BCUT2D eigenvalue weighted by atomic mass is 32.1. The van der Waals surface area contributed by atoms with Gasteiger partial charge in [-0.3, -0.25) is 4.79 Å². The van der Waals surface area contributed by atoms with Crippen LogP contribution in [0.1, 0.15) is 59.2 Å². The number of likely N-dealkylation sites (tertiary alicyclic amines) is 1. The van der Waals surface area contributed by atoms with Gasteiger partial charge < -0.3 is 14.5 Å². The van der Waals surface area contributed by atoms with Gasteiger partial charge in [0.25, 0.3) is 5.91 Å². The van der Waals surface area contributed by atoms with Crippen molar-refractivity contribution in [2.45, 2.75) is 45.8 Å². The fourth-order valence-electron chi connectivity index (χ4n) is 4.24. The molecule has 34 heavy (non-hydrogen) atoms. The van der Waals surface area contributed by atoms with Crippen LogP contribution in [0.4, 0.5) is 4.39 Å². The van der Waals surface area contributed by atoms with Gasteiger partial charge in [0.1, 0.15) is 23.2 Å². The molecule has 180 valence electrons. The Morgan fingerprint density at radius 3 is 2.65 bits per heavy atom. The Hall–Kier alpha value is -2.77. The molecule has 7 heteroatoms. The standard InChI is InChI=1S/C27H32FN3O2S/c1-20(2)22-9-4-6-12-25(22)33-18-26-29-21(19-34-26)17-31(16-15-30-13-7-8-14-30)27(32)23-10-3-5-11-24(23)28/h3-6,9-12,19-20H,7-8,13-18H2,1-2H3. The highest BCUT2D eigenvalue weighted by Gasteiger charge is 2.22. The maximum absolute atomic E-state index is 14.3. The number of ether oxygens (including phenoxy) is 1. The Morgan fingerprint density at radius 2 is 1.88 bits per heavy atom. The Kier molecular flexibility index (Phi) is 8.29. The smallest absolute Gasteiger partial charge is 0.257 e. The zero-order chi connectivity index (χ0) is 23.9. The van der Waals surface area contributed by atoms with Gasteiger partial charge in [-0.2, -0.15) is 0 Å². The lowest BCUT2D eigenvalue weighted by molar-refractivity contribution is 0.0720. The van der Waals surface area contributed by atoms with Crippen molar-refractivity contribution in [1.29, 1.82) is 0 Å². The lowest BCUT2D eigenvalue weighted by atomic mass is 10.0. The second-order valence-corrected chi connectivity index (χ2v) is 9.91. The molecule has 0 radical (unpaired) electrons. The first kappa shape index (κ1) is 24.4. The van der Waals surface area contributed by atoms with Gasteiger partial charge in [0.15, 0.2) is 0 Å². The van der Waals surface area contributed by atoms with E-state index in [1.807, 2.05) is 23.6 Å². The fraction of sp³-hybridized carbons (Fsp3) is 0.407. The van der Waals surface area contributed by atoms with E-state index in [1.54, 1.807) is 23.1 Å². The maximum atomic E-state index is 14.3. The van der Waals surface area contributed by atoms with Gasteiger partial charge in [-0.05, 0) is 55.6 Å². The van der Waals surface area contributed by atoms with E-state index in [-0.39, 0.29) is 11.5 Å². The van der Waals surface area contributed by atoms with Gasteiger partial charge in [0.05, 0.1) is 17.8 Å². The van der Waals surface area contributed by atoms with E-state index < -0.39 is 5.82 Å². The number of aromatic nitrogens is 1. The van der Waals surface area contributed by atoms with E-state index in [0.717, 1.165) is 36.1 Å². The van der Waals surface area contributed by atoms with E-state index >= 15 is 0 Å². The summed E-state index contributed by atoms with van der Waals surface area (Å²) in [5.74, 6) is 0.455. The molecule has 0 atom stereocenters. The van der Waals surface area contributed by atoms with Gasteiger partial charge in [0.2, 0.25) is 0 Å². The van der Waals surface area contributed by atoms with Gasteiger partial charge in [0, 0.05) is 18.5 Å². The number of carbonyl (C=O) groups is 1. The Morgan fingerprint density at radius 1 is 1.15 bits per heavy atom. The Labute approximate surface area is 205 Å². The van der Waals surface area contributed by atoms with Crippen molar-refractivity contribution < 1.29 is 13.9 Å². The molecule has 0 saturated carbocycles. The maximum Gasteiger partial charge on any atom is 0.257 e. The first-order valence-corrected chi connectivity index (χ1v) is 12.8. The van der Waals surface area contributed by atoms with Gasteiger partial charge in [-0.15, -0.1) is 11.3 Å². The molecular weight excluding hydrogens is 449 g/mol. The average Bonchev–Trinajstić information content (AvgIpc) is 3.52. The molecule has 1 aliphatic rings. The number of nitrogens with zero attached hydrogens (tertiary/aromatic N) is 3. The number of halogens is 1. The summed E-state index contributed by atoms with van der Waals surface area (Å²) in [6.45, 7) is 8.45. The fourth-order valence-corrected chi connectivity index (χ4v) is 4.93. The van der Waals surface area contributed by atoms with E-state index in [4.69, 9.17) is 9.72 Å². The molecule has 2 heterocycles. The Bertz CT molecular complexity index is 1090. The highest BCUT2D eigenvalue weighted by molar-refractivity contribution is 7.09. The van der Waals surface area contributed by atoms with Crippen LogP contribution in [-0.4, -0.2) is 46.9 Å². The van der Waals surface area contributed by atoms with E-state index in [9.17, 15) is 9.18 Å². The molecule has 4 rings (SSSR count). The monoisotopic (exact) mass is 481 g/mol. The minimum atomic E-state index is -0.491. The number of benzene rings is 2. The summed E-state index contributed by atoms with van der Waals surface area (Å²) in [6.07, 6.45) is 2.38. The number of hydrogen-bond donors (Lipinski definition) is 0. The summed E-state index contributed by atoms with van der Waals surface area (Å²) in [5.41, 5.74) is 2.07. The SMILES string of the molecule is CC(C)c1ccccc1OCc1nc(CN(CCN2CCCC2)C(=O)c2ccccc2F)cs1. The molecule has 5 nitrogen and oxygen atoms in total. The van der Waals surface area contributed by atoms with Crippen LogP contribution >= 0.6 is 11.3 Å². The van der Waals surface area contributed by atoms with Crippen LogP contribution in [0.2, 0.25) is 0 Å². The lowest BCUT2D eigenvalue weighted by Crippen LogP contribution is -2.38. The number of carbonyl (C=O) groups excluding carboxylic acids is 1. The average molecular weight is 482 g/mol. The van der Waals surface area contributed by atoms with E-state index in [2.05, 4.69) is 24.8 Å². The number of rotatable bonds is 10. The third-order valence-electron chi connectivity index (χ3n) is 6.12. The molecule has 3 aromatic rings. The largest absolute Gasteiger partial charge is 0.486 e. The van der Waals surface area contributed by atoms with Crippen molar-refractivity contribution in [2.75, 3.05) is 26.2 Å². The van der Waals surface area contributed by atoms with Crippen LogP contribution in [-0.2, 0) is 13.2 Å². The molecule has 1 fully saturated rings. The van der Waals surface area contributed by atoms with Gasteiger partial charge in [-0.25, -0.2) is 9.37 Å².